The van der Waals surface area contributed by atoms with Crippen molar-refractivity contribution in [1.29, 1.82) is 0 Å². The van der Waals surface area contributed by atoms with Crippen LogP contribution in [-0.2, 0) is 9.59 Å². The second-order valence-electron chi connectivity index (χ2n) is 5.21. The van der Waals surface area contributed by atoms with Crippen molar-refractivity contribution in [2.75, 3.05) is 12.0 Å². The molecule has 126 valence electrons. The number of carbonyl (C=O) groups is 3. The number of barbiturate groups is 1. The van der Waals surface area contributed by atoms with Crippen molar-refractivity contribution in [2.45, 2.75) is 0 Å². The number of imide groups is 2. The van der Waals surface area contributed by atoms with Crippen molar-refractivity contribution in [3.05, 3.63) is 65.5 Å². The van der Waals surface area contributed by atoms with E-state index in [1.807, 2.05) is 0 Å². The summed E-state index contributed by atoms with van der Waals surface area (Å²) in [5.41, 5.74) is 0.494. The highest BCUT2D eigenvalue weighted by Crippen LogP contribution is 2.25. The number of nitrogens with one attached hydrogen (secondary N) is 1. The summed E-state index contributed by atoms with van der Waals surface area (Å²) in [6, 6.07) is 10.8. The molecule has 1 aliphatic heterocycles. The largest absolute Gasteiger partial charge is 0.497 e. The van der Waals surface area contributed by atoms with Gasteiger partial charge in [0.2, 0.25) is 0 Å². The molecule has 6 nitrogen and oxygen atoms in total. The second kappa shape index (κ2) is 6.56. The summed E-state index contributed by atoms with van der Waals surface area (Å²) < 4.78 is 18.1. The van der Waals surface area contributed by atoms with Crippen LogP contribution in [0.4, 0.5) is 14.9 Å². The maximum Gasteiger partial charge on any atom is 0.335 e. The summed E-state index contributed by atoms with van der Waals surface area (Å²) in [4.78, 5) is 37.7. The molecule has 0 atom stereocenters. The Labute approximate surface area is 142 Å². The number of methoxy groups -OCH3 is 1. The molecule has 0 aromatic heterocycles. The van der Waals surface area contributed by atoms with Crippen LogP contribution in [0.25, 0.3) is 6.08 Å². The van der Waals surface area contributed by atoms with E-state index in [4.69, 9.17) is 4.74 Å². The average Bonchev–Trinajstić information content (AvgIpc) is 2.60. The highest BCUT2D eigenvalue weighted by Gasteiger charge is 2.36. The van der Waals surface area contributed by atoms with Gasteiger partial charge < -0.3 is 4.74 Å². The Balaban J connectivity index is 2.00. The Morgan fingerprint density at radius 2 is 1.80 bits per heavy atom. The molecule has 0 bridgehead atoms. The van der Waals surface area contributed by atoms with E-state index >= 15 is 0 Å². The number of urea groups is 1. The molecule has 0 unspecified atom stereocenters. The minimum atomic E-state index is -0.848. The van der Waals surface area contributed by atoms with Crippen LogP contribution in [0, 0.1) is 5.82 Å². The zero-order chi connectivity index (χ0) is 18.0. The smallest absolute Gasteiger partial charge is 0.335 e. The Hall–Kier alpha value is -3.48. The third-order valence-corrected chi connectivity index (χ3v) is 3.59. The van der Waals surface area contributed by atoms with Gasteiger partial charge in [-0.15, -0.1) is 0 Å². The van der Waals surface area contributed by atoms with Gasteiger partial charge in [0.25, 0.3) is 11.8 Å². The first-order valence-electron chi connectivity index (χ1n) is 7.30. The van der Waals surface area contributed by atoms with Crippen LogP contribution in [0.15, 0.2) is 54.1 Å². The van der Waals surface area contributed by atoms with Gasteiger partial charge in [-0.3, -0.25) is 14.9 Å². The molecule has 0 radical (unpaired) electrons. The SMILES string of the molecule is COc1cccc(N2C(=O)NC(=O)C(=Cc3ccc(F)cc3)C2=O)c1. The molecular weight excluding hydrogens is 327 g/mol. The van der Waals surface area contributed by atoms with Gasteiger partial charge in [-0.1, -0.05) is 18.2 Å². The molecule has 1 saturated heterocycles. The Morgan fingerprint density at radius 3 is 2.48 bits per heavy atom. The molecular formula is C18H13FN2O4. The summed E-state index contributed by atoms with van der Waals surface area (Å²) in [5, 5.41) is 2.12. The Kier molecular flexibility index (Phi) is 4.30. The standard InChI is InChI=1S/C18H13FN2O4/c1-25-14-4-2-3-13(10-14)21-17(23)15(16(22)20-18(21)24)9-11-5-7-12(19)8-6-11/h2-10H,1H3,(H,20,22,24). The third-order valence-electron chi connectivity index (χ3n) is 3.59. The van der Waals surface area contributed by atoms with E-state index in [1.54, 1.807) is 18.2 Å². The highest BCUT2D eigenvalue weighted by molar-refractivity contribution is 6.39. The van der Waals surface area contributed by atoms with Crippen LogP contribution < -0.4 is 15.0 Å². The first-order chi connectivity index (χ1) is 12.0. The summed E-state index contributed by atoms with van der Waals surface area (Å²) in [6.07, 6.45) is 1.30. The van der Waals surface area contributed by atoms with Crippen LogP contribution in [-0.4, -0.2) is 25.0 Å². The van der Waals surface area contributed by atoms with Crippen molar-refractivity contribution >= 4 is 29.6 Å². The molecule has 1 N–H and O–H groups in total. The van der Waals surface area contributed by atoms with Gasteiger partial charge in [0.05, 0.1) is 12.8 Å². The first kappa shape index (κ1) is 16.4. The molecule has 3 rings (SSSR count). The normalized spacial score (nSPS) is 16.2. The van der Waals surface area contributed by atoms with E-state index in [1.165, 1.54) is 43.5 Å². The van der Waals surface area contributed by atoms with Gasteiger partial charge >= 0.3 is 6.03 Å². The van der Waals surface area contributed by atoms with E-state index in [9.17, 15) is 18.8 Å². The summed E-state index contributed by atoms with van der Waals surface area (Å²) >= 11 is 0. The third kappa shape index (κ3) is 3.25. The minimum Gasteiger partial charge on any atom is -0.497 e. The second-order valence-corrected chi connectivity index (χ2v) is 5.21. The molecule has 0 spiro atoms. The molecule has 1 aliphatic rings. The maximum atomic E-state index is 13.0. The van der Waals surface area contributed by atoms with Crippen LogP contribution in [0.3, 0.4) is 0 Å². The zero-order valence-corrected chi connectivity index (χ0v) is 13.2. The maximum absolute atomic E-state index is 13.0. The van der Waals surface area contributed by atoms with Gasteiger partial charge in [-0.25, -0.2) is 14.1 Å². The van der Waals surface area contributed by atoms with Crippen molar-refractivity contribution in [2.24, 2.45) is 0 Å². The number of amides is 4. The Morgan fingerprint density at radius 1 is 1.08 bits per heavy atom. The average molecular weight is 340 g/mol. The molecule has 2 aromatic carbocycles. The number of anilines is 1. The highest BCUT2D eigenvalue weighted by atomic mass is 19.1. The number of ether oxygens (including phenoxy) is 1. The lowest BCUT2D eigenvalue weighted by molar-refractivity contribution is -0.122. The fraction of sp³-hybridized carbons (Fsp3) is 0.0556. The van der Waals surface area contributed by atoms with Crippen LogP contribution >= 0.6 is 0 Å². The molecule has 4 amide bonds. The number of nitrogens with zero attached hydrogens (tertiary/aromatic N) is 1. The lowest BCUT2D eigenvalue weighted by atomic mass is 10.1. The lowest BCUT2D eigenvalue weighted by Gasteiger charge is -2.26. The van der Waals surface area contributed by atoms with Crippen LogP contribution in [0.2, 0.25) is 0 Å². The number of benzene rings is 2. The number of hydrogen-bond donors (Lipinski definition) is 1. The quantitative estimate of drug-likeness (QED) is 0.688. The number of rotatable bonds is 3. The van der Waals surface area contributed by atoms with Gasteiger partial charge in [0.15, 0.2) is 0 Å². The van der Waals surface area contributed by atoms with Gasteiger partial charge in [-0.05, 0) is 35.9 Å². The van der Waals surface area contributed by atoms with E-state index in [0.29, 0.717) is 11.3 Å². The monoisotopic (exact) mass is 340 g/mol. The molecule has 2 aromatic rings. The van der Waals surface area contributed by atoms with Crippen LogP contribution in [0.1, 0.15) is 5.56 Å². The summed E-state index contributed by atoms with van der Waals surface area (Å²) in [5.74, 6) is -1.56. The predicted molar refractivity (Wildman–Crippen MR) is 88.4 cm³/mol. The van der Waals surface area contributed by atoms with Crippen molar-refractivity contribution in [3.63, 3.8) is 0 Å². The Bertz CT molecular complexity index is 890. The van der Waals surface area contributed by atoms with Gasteiger partial charge in [0.1, 0.15) is 17.1 Å². The van der Waals surface area contributed by atoms with Crippen LogP contribution in [0.5, 0.6) is 5.75 Å². The number of carbonyl (C=O) groups excluding carboxylic acids is 3. The van der Waals surface area contributed by atoms with Gasteiger partial charge in [-0.2, -0.15) is 0 Å². The molecule has 7 heteroatoms. The van der Waals surface area contributed by atoms with E-state index in [0.717, 1.165) is 4.90 Å². The zero-order valence-electron chi connectivity index (χ0n) is 13.2. The predicted octanol–water partition coefficient (Wildman–Crippen LogP) is 2.50. The van der Waals surface area contributed by atoms with E-state index in [2.05, 4.69) is 5.32 Å². The minimum absolute atomic E-state index is 0.228. The fourth-order valence-electron chi connectivity index (χ4n) is 2.37. The van der Waals surface area contributed by atoms with E-state index < -0.39 is 23.7 Å². The summed E-state index contributed by atoms with van der Waals surface area (Å²) in [6.45, 7) is 0. The molecule has 1 fully saturated rings. The molecule has 0 saturated carbocycles. The molecule has 25 heavy (non-hydrogen) atoms. The van der Waals surface area contributed by atoms with Crippen molar-refractivity contribution < 1.29 is 23.5 Å². The number of halogens is 1. The lowest BCUT2D eigenvalue weighted by Crippen LogP contribution is -2.54. The number of hydrogen-bond acceptors (Lipinski definition) is 4. The van der Waals surface area contributed by atoms with Crippen molar-refractivity contribution in [1.82, 2.24) is 5.32 Å². The van der Waals surface area contributed by atoms with E-state index in [-0.39, 0.29) is 11.3 Å². The summed E-state index contributed by atoms with van der Waals surface area (Å²) in [7, 11) is 1.46. The van der Waals surface area contributed by atoms with Crippen molar-refractivity contribution in [3.8, 4) is 5.75 Å². The van der Waals surface area contributed by atoms with Gasteiger partial charge in [0, 0.05) is 6.07 Å². The molecule has 0 aliphatic carbocycles. The fourth-order valence-corrected chi connectivity index (χ4v) is 2.37. The topological polar surface area (TPSA) is 75.7 Å². The first-order valence-corrected chi connectivity index (χ1v) is 7.30. The molecule has 1 heterocycles.